The molecule has 1 aromatic heterocycles. The zero-order valence-electron chi connectivity index (χ0n) is 26.9. The Morgan fingerprint density at radius 3 is 2.31 bits per heavy atom. The average Bonchev–Trinajstić information content (AvgIpc) is 3.51. The third-order valence-electron chi connectivity index (χ3n) is 9.56. The van der Waals surface area contributed by atoms with Gasteiger partial charge in [0.05, 0.1) is 13.2 Å². The lowest BCUT2D eigenvalue weighted by molar-refractivity contribution is -0.198. The molecule has 3 fully saturated rings. The number of nitrogens with zero attached hydrogens (tertiary/aromatic N) is 4. The van der Waals surface area contributed by atoms with E-state index in [1.165, 1.54) is 18.2 Å². The maximum absolute atomic E-state index is 14.3. The third kappa shape index (κ3) is 8.40. The van der Waals surface area contributed by atoms with Crippen molar-refractivity contribution in [2.24, 2.45) is 5.41 Å². The van der Waals surface area contributed by atoms with Crippen molar-refractivity contribution in [1.82, 2.24) is 25.5 Å². The van der Waals surface area contributed by atoms with Crippen molar-refractivity contribution >= 4 is 23.6 Å². The molecule has 0 saturated carbocycles. The number of carbonyl (C=O) groups is 2. The van der Waals surface area contributed by atoms with Crippen LogP contribution in [0.1, 0.15) is 41.3 Å². The molecule has 2 aromatic carbocycles. The number of ether oxygens (including phenoxy) is 2. The van der Waals surface area contributed by atoms with Gasteiger partial charge in [0.1, 0.15) is 11.9 Å². The molecule has 12 nitrogen and oxygen atoms in total. The van der Waals surface area contributed by atoms with E-state index in [4.69, 9.17) is 15.2 Å². The second-order valence-corrected chi connectivity index (χ2v) is 12.8. The number of anilines is 2. The van der Waals surface area contributed by atoms with Crippen LogP contribution in [0.5, 0.6) is 5.88 Å². The monoisotopic (exact) mass is 683 g/mol. The van der Waals surface area contributed by atoms with Crippen molar-refractivity contribution in [1.29, 1.82) is 0 Å². The highest BCUT2D eigenvalue weighted by molar-refractivity contribution is 5.94. The predicted molar refractivity (Wildman–Crippen MR) is 175 cm³/mol. The first-order chi connectivity index (χ1) is 23.5. The number of nitrogens with one attached hydrogen (secondary N) is 2. The molecule has 15 heteroatoms. The summed E-state index contributed by atoms with van der Waals surface area (Å²) in [4.78, 5) is 36.3. The van der Waals surface area contributed by atoms with Crippen molar-refractivity contribution in [3.63, 3.8) is 0 Å². The molecule has 1 spiro atoms. The Hall–Kier alpha value is -4.47. The number of piperidine rings is 1. The number of carboxylic acid groups (broad SMARTS) is 1. The average molecular weight is 684 g/mol. The van der Waals surface area contributed by atoms with E-state index in [9.17, 15) is 27.9 Å². The fourth-order valence-corrected chi connectivity index (χ4v) is 6.70. The number of nitrogen functional groups attached to an aromatic ring is 1. The minimum atomic E-state index is -4.76. The van der Waals surface area contributed by atoms with Gasteiger partial charge in [0.15, 0.2) is 0 Å². The Morgan fingerprint density at radius 2 is 1.69 bits per heavy atom. The van der Waals surface area contributed by atoms with Gasteiger partial charge in [-0.3, -0.25) is 14.5 Å². The molecule has 3 saturated heterocycles. The lowest BCUT2D eigenvalue weighted by atomic mass is 9.76. The van der Waals surface area contributed by atoms with E-state index in [0.717, 1.165) is 25.2 Å². The van der Waals surface area contributed by atoms with Crippen molar-refractivity contribution in [2.75, 3.05) is 69.7 Å². The van der Waals surface area contributed by atoms with Crippen molar-refractivity contribution < 1.29 is 37.3 Å². The van der Waals surface area contributed by atoms with Crippen LogP contribution in [0.2, 0.25) is 0 Å². The Balaban J connectivity index is 1.08. The van der Waals surface area contributed by atoms with E-state index in [2.05, 4.69) is 25.5 Å². The molecule has 49 heavy (non-hydrogen) atoms. The SMILES string of the molecule is Nc1nc(OC(c2ccc(-c3ccc(C(=O)NCCN4CCOCC4)cc3)cc2)C(F)(F)F)cc(N2CCC3(CC2)CNC(C(=O)O)C3)n1. The zero-order valence-corrected chi connectivity index (χ0v) is 26.9. The van der Waals surface area contributed by atoms with Gasteiger partial charge in [-0.1, -0.05) is 36.4 Å². The molecule has 1 amide bonds. The molecule has 3 aliphatic rings. The van der Waals surface area contributed by atoms with Gasteiger partial charge < -0.3 is 35.8 Å². The van der Waals surface area contributed by atoms with Crippen LogP contribution >= 0.6 is 0 Å². The smallest absolute Gasteiger partial charge is 0.429 e. The number of hydrogen-bond acceptors (Lipinski definition) is 10. The maximum Gasteiger partial charge on any atom is 0.429 e. The summed E-state index contributed by atoms with van der Waals surface area (Å²) < 4.78 is 53.8. The summed E-state index contributed by atoms with van der Waals surface area (Å²) in [7, 11) is 0. The Kier molecular flexibility index (Phi) is 10.2. The van der Waals surface area contributed by atoms with Crippen LogP contribution in [-0.4, -0.2) is 103 Å². The minimum Gasteiger partial charge on any atom is -0.480 e. The van der Waals surface area contributed by atoms with Gasteiger partial charge in [-0.25, -0.2) is 0 Å². The number of hydrogen-bond donors (Lipinski definition) is 4. The van der Waals surface area contributed by atoms with Gasteiger partial charge in [-0.15, -0.1) is 0 Å². The standard InChI is InChI=1S/C34H40F3N7O5/c35-34(36,37)29(49-28-19-27(41-32(38)42-28)44-12-9-33(10-13-44)20-26(31(46)47)40-21-33)24-5-1-22(2-6-24)23-3-7-25(8-4-23)30(45)39-11-14-43-15-17-48-18-16-43/h1-8,19,26,29,40H,9-18,20-21H2,(H,39,45)(H,46,47)(H2,38,41,42). The normalized spacial score (nSPS) is 20.2. The number of morpholine rings is 1. The highest BCUT2D eigenvalue weighted by Crippen LogP contribution is 2.41. The summed E-state index contributed by atoms with van der Waals surface area (Å²) in [6.07, 6.45) is -5.14. The highest BCUT2D eigenvalue weighted by Gasteiger charge is 2.45. The number of halogens is 3. The number of aliphatic carboxylic acids is 1. The summed E-state index contributed by atoms with van der Waals surface area (Å²) in [5, 5.41) is 15.3. The second-order valence-electron chi connectivity index (χ2n) is 12.8. The van der Waals surface area contributed by atoms with Crippen LogP contribution in [0.15, 0.2) is 54.6 Å². The van der Waals surface area contributed by atoms with Gasteiger partial charge in [0.2, 0.25) is 17.9 Å². The molecular formula is C34H40F3N7O5. The summed E-state index contributed by atoms with van der Waals surface area (Å²) in [6, 6.07) is 13.5. The summed E-state index contributed by atoms with van der Waals surface area (Å²) in [5.74, 6) is -1.24. The van der Waals surface area contributed by atoms with Crippen molar-refractivity contribution in [2.45, 2.75) is 37.6 Å². The molecule has 2 atom stereocenters. The Labute approximate surface area is 281 Å². The van der Waals surface area contributed by atoms with Crippen LogP contribution < -0.4 is 26.0 Å². The van der Waals surface area contributed by atoms with Crippen molar-refractivity contribution in [3.05, 3.63) is 65.7 Å². The molecular weight excluding hydrogens is 643 g/mol. The molecule has 3 aliphatic heterocycles. The second kappa shape index (κ2) is 14.6. The van der Waals surface area contributed by atoms with E-state index >= 15 is 0 Å². The van der Waals surface area contributed by atoms with Crippen LogP contribution in [-0.2, 0) is 9.53 Å². The predicted octanol–water partition coefficient (Wildman–Crippen LogP) is 3.50. The fraction of sp³-hybridized carbons (Fsp3) is 0.471. The molecule has 3 aromatic rings. The summed E-state index contributed by atoms with van der Waals surface area (Å²) in [5.41, 5.74) is 7.55. The fourth-order valence-electron chi connectivity index (χ4n) is 6.70. The first kappa shape index (κ1) is 34.4. The molecule has 5 N–H and O–H groups in total. The van der Waals surface area contributed by atoms with Crippen LogP contribution in [0.3, 0.4) is 0 Å². The molecule has 4 heterocycles. The zero-order chi connectivity index (χ0) is 34.6. The van der Waals surface area contributed by atoms with E-state index in [-0.39, 0.29) is 28.7 Å². The van der Waals surface area contributed by atoms with E-state index in [1.54, 1.807) is 36.4 Å². The van der Waals surface area contributed by atoms with Crippen molar-refractivity contribution in [3.8, 4) is 17.0 Å². The molecule has 0 bridgehead atoms. The van der Waals surface area contributed by atoms with Crippen LogP contribution in [0.4, 0.5) is 24.9 Å². The van der Waals surface area contributed by atoms with Gasteiger partial charge in [-0.05, 0) is 47.9 Å². The van der Waals surface area contributed by atoms with E-state index in [0.29, 0.717) is 75.6 Å². The van der Waals surface area contributed by atoms with Gasteiger partial charge in [0.25, 0.3) is 5.91 Å². The lowest BCUT2D eigenvalue weighted by Gasteiger charge is -2.39. The quantitative estimate of drug-likeness (QED) is 0.248. The molecule has 0 aliphatic carbocycles. The molecule has 262 valence electrons. The Morgan fingerprint density at radius 1 is 1.04 bits per heavy atom. The summed E-state index contributed by atoms with van der Waals surface area (Å²) in [6.45, 7) is 5.99. The number of nitrogens with two attached hydrogens (primary N) is 1. The first-order valence-electron chi connectivity index (χ1n) is 16.4. The third-order valence-corrected chi connectivity index (χ3v) is 9.56. The topological polar surface area (TPSA) is 155 Å². The molecule has 2 unspecified atom stereocenters. The largest absolute Gasteiger partial charge is 0.480 e. The maximum atomic E-state index is 14.3. The number of carboxylic acids is 1. The molecule has 0 radical (unpaired) electrons. The minimum absolute atomic E-state index is 0.118. The Bertz CT molecular complexity index is 1610. The highest BCUT2D eigenvalue weighted by atomic mass is 19.4. The molecule has 6 rings (SSSR count). The number of aromatic nitrogens is 2. The number of benzene rings is 2. The number of amides is 1. The van der Waals surface area contributed by atoms with Gasteiger partial charge in [0, 0.05) is 63.0 Å². The number of alkyl halides is 3. The van der Waals surface area contributed by atoms with Crippen LogP contribution in [0, 0.1) is 5.41 Å². The van der Waals surface area contributed by atoms with E-state index in [1.807, 2.05) is 4.90 Å². The summed E-state index contributed by atoms with van der Waals surface area (Å²) >= 11 is 0. The van der Waals surface area contributed by atoms with Crippen LogP contribution in [0.25, 0.3) is 11.1 Å². The van der Waals surface area contributed by atoms with Gasteiger partial charge in [-0.2, -0.15) is 23.1 Å². The first-order valence-corrected chi connectivity index (χ1v) is 16.4. The number of rotatable bonds is 10. The van der Waals surface area contributed by atoms with E-state index < -0.39 is 24.3 Å². The number of carbonyl (C=O) groups excluding carboxylic acids is 1. The van der Waals surface area contributed by atoms with Gasteiger partial charge >= 0.3 is 12.1 Å². The lowest BCUT2D eigenvalue weighted by Crippen LogP contribution is -2.41.